The van der Waals surface area contributed by atoms with Gasteiger partial charge in [0.15, 0.2) is 10.8 Å². The molecule has 0 unspecified atom stereocenters. The molecule has 3 heterocycles. The number of aromatic nitrogens is 3. The lowest BCUT2D eigenvalue weighted by atomic mass is 10.1. The Morgan fingerprint density at radius 1 is 1.13 bits per heavy atom. The van der Waals surface area contributed by atoms with Gasteiger partial charge in [-0.05, 0) is 24.3 Å². The van der Waals surface area contributed by atoms with Crippen LogP contribution in [-0.2, 0) is 11.8 Å². The van der Waals surface area contributed by atoms with Crippen LogP contribution in [0.4, 0.5) is 10.8 Å². The molecule has 30 heavy (non-hydrogen) atoms. The monoisotopic (exact) mass is 421 g/mol. The van der Waals surface area contributed by atoms with E-state index in [4.69, 9.17) is 9.72 Å². The van der Waals surface area contributed by atoms with Gasteiger partial charge in [0.25, 0.3) is 11.5 Å². The standard InChI is InChI=1S/C21H19N5O3S/c1-25-20(28)15-5-3-2-4-14(15)18(24-25)19(27)22-13-6-7-16-17(12-13)30-21(23-16)26-8-10-29-11-9-26/h2-7,12H,8-11H2,1H3,(H,22,27). The van der Waals surface area contributed by atoms with Crippen molar-refractivity contribution in [3.8, 4) is 0 Å². The molecule has 4 aromatic rings. The summed E-state index contributed by atoms with van der Waals surface area (Å²) < 4.78 is 7.59. The van der Waals surface area contributed by atoms with Crippen molar-refractivity contribution in [3.05, 3.63) is 58.5 Å². The van der Waals surface area contributed by atoms with E-state index >= 15 is 0 Å². The fraction of sp³-hybridized carbons (Fsp3) is 0.238. The molecule has 1 amide bonds. The summed E-state index contributed by atoms with van der Waals surface area (Å²) >= 11 is 1.59. The average molecular weight is 421 g/mol. The maximum atomic E-state index is 13.0. The predicted octanol–water partition coefficient (Wildman–Crippen LogP) is 2.63. The molecular formula is C21H19N5O3S. The normalized spacial score (nSPS) is 14.4. The highest BCUT2D eigenvalue weighted by molar-refractivity contribution is 7.22. The van der Waals surface area contributed by atoms with Crippen molar-refractivity contribution in [1.82, 2.24) is 14.8 Å². The van der Waals surface area contributed by atoms with Gasteiger partial charge in [-0.2, -0.15) is 5.10 Å². The first-order valence-electron chi connectivity index (χ1n) is 9.61. The lowest BCUT2D eigenvalue weighted by molar-refractivity contribution is 0.102. The first-order valence-corrected chi connectivity index (χ1v) is 10.4. The number of nitrogens with one attached hydrogen (secondary N) is 1. The zero-order chi connectivity index (χ0) is 20.7. The molecule has 0 bridgehead atoms. The van der Waals surface area contributed by atoms with E-state index in [0.717, 1.165) is 28.4 Å². The summed E-state index contributed by atoms with van der Waals surface area (Å²) in [6.07, 6.45) is 0. The molecule has 2 aromatic carbocycles. The highest BCUT2D eigenvalue weighted by Gasteiger charge is 2.18. The molecule has 1 fully saturated rings. The van der Waals surface area contributed by atoms with Gasteiger partial charge in [0.05, 0.1) is 28.8 Å². The number of fused-ring (bicyclic) bond motifs is 2. The van der Waals surface area contributed by atoms with Crippen LogP contribution < -0.4 is 15.8 Å². The van der Waals surface area contributed by atoms with Gasteiger partial charge in [-0.15, -0.1) is 0 Å². The fourth-order valence-electron chi connectivity index (χ4n) is 3.54. The minimum atomic E-state index is -0.362. The second-order valence-electron chi connectivity index (χ2n) is 7.06. The van der Waals surface area contributed by atoms with Crippen LogP contribution in [0.25, 0.3) is 21.0 Å². The predicted molar refractivity (Wildman–Crippen MR) is 118 cm³/mol. The summed E-state index contributed by atoms with van der Waals surface area (Å²) in [7, 11) is 1.54. The maximum absolute atomic E-state index is 13.0. The molecule has 1 aliphatic heterocycles. The summed E-state index contributed by atoms with van der Waals surface area (Å²) in [6.45, 7) is 3.07. The number of aryl methyl sites for hydroxylation is 1. The van der Waals surface area contributed by atoms with E-state index in [1.807, 2.05) is 18.2 Å². The number of rotatable bonds is 3. The zero-order valence-corrected chi connectivity index (χ0v) is 17.1. The Bertz CT molecular complexity index is 1320. The highest BCUT2D eigenvalue weighted by atomic mass is 32.1. The molecule has 0 saturated carbocycles. The molecule has 1 N–H and O–H groups in total. The van der Waals surface area contributed by atoms with Gasteiger partial charge in [-0.25, -0.2) is 9.67 Å². The minimum absolute atomic E-state index is 0.214. The molecule has 1 aliphatic rings. The maximum Gasteiger partial charge on any atom is 0.276 e. The van der Waals surface area contributed by atoms with Gasteiger partial charge in [0, 0.05) is 31.2 Å². The van der Waals surface area contributed by atoms with Crippen LogP contribution in [0.3, 0.4) is 0 Å². The summed E-state index contributed by atoms with van der Waals surface area (Å²) in [4.78, 5) is 32.2. The van der Waals surface area contributed by atoms with Crippen LogP contribution in [0.15, 0.2) is 47.3 Å². The first kappa shape index (κ1) is 18.7. The fourth-order valence-corrected chi connectivity index (χ4v) is 4.59. The van der Waals surface area contributed by atoms with Crippen molar-refractivity contribution in [2.45, 2.75) is 0 Å². The van der Waals surface area contributed by atoms with Crippen molar-refractivity contribution >= 4 is 49.1 Å². The van der Waals surface area contributed by atoms with E-state index in [1.54, 1.807) is 42.6 Å². The van der Waals surface area contributed by atoms with E-state index < -0.39 is 0 Å². The molecule has 0 radical (unpaired) electrons. The summed E-state index contributed by atoms with van der Waals surface area (Å²) in [5, 5.41) is 9.06. The van der Waals surface area contributed by atoms with Crippen LogP contribution in [-0.4, -0.2) is 47.0 Å². The van der Waals surface area contributed by atoms with Gasteiger partial charge >= 0.3 is 0 Å². The Balaban J connectivity index is 1.46. The molecule has 9 heteroatoms. The lowest BCUT2D eigenvalue weighted by Crippen LogP contribution is -2.36. The van der Waals surface area contributed by atoms with Crippen LogP contribution in [0.5, 0.6) is 0 Å². The molecule has 0 atom stereocenters. The Kier molecular flexibility index (Phi) is 4.68. The van der Waals surface area contributed by atoms with Gasteiger partial charge in [0.2, 0.25) is 0 Å². The zero-order valence-electron chi connectivity index (χ0n) is 16.3. The lowest BCUT2D eigenvalue weighted by Gasteiger charge is -2.25. The number of amides is 1. The Morgan fingerprint density at radius 2 is 1.90 bits per heavy atom. The largest absolute Gasteiger partial charge is 0.378 e. The summed E-state index contributed by atoms with van der Waals surface area (Å²) in [6, 6.07) is 12.6. The number of hydrogen-bond donors (Lipinski definition) is 1. The van der Waals surface area contributed by atoms with Crippen LogP contribution in [0.2, 0.25) is 0 Å². The Labute approximate surface area is 175 Å². The van der Waals surface area contributed by atoms with Crippen molar-refractivity contribution in [2.75, 3.05) is 36.5 Å². The second-order valence-corrected chi connectivity index (χ2v) is 8.06. The highest BCUT2D eigenvalue weighted by Crippen LogP contribution is 2.31. The van der Waals surface area contributed by atoms with Crippen LogP contribution >= 0.6 is 11.3 Å². The molecule has 5 rings (SSSR count). The molecular weight excluding hydrogens is 402 g/mol. The van der Waals surface area contributed by atoms with E-state index in [9.17, 15) is 9.59 Å². The first-order chi connectivity index (χ1) is 14.6. The topological polar surface area (TPSA) is 89.3 Å². The molecule has 0 spiro atoms. The number of ether oxygens (including phenoxy) is 1. The smallest absolute Gasteiger partial charge is 0.276 e. The molecule has 2 aromatic heterocycles. The summed E-state index contributed by atoms with van der Waals surface area (Å²) in [5.41, 5.74) is 1.53. The third kappa shape index (κ3) is 3.31. The molecule has 152 valence electrons. The van der Waals surface area contributed by atoms with Crippen molar-refractivity contribution in [2.24, 2.45) is 7.05 Å². The van der Waals surface area contributed by atoms with Gasteiger partial charge in [-0.1, -0.05) is 29.5 Å². The van der Waals surface area contributed by atoms with Gasteiger partial charge < -0.3 is 15.0 Å². The number of anilines is 2. The quantitative estimate of drug-likeness (QED) is 0.547. The third-order valence-corrected chi connectivity index (χ3v) is 6.17. The number of carbonyl (C=O) groups is 1. The number of nitrogens with zero attached hydrogens (tertiary/aromatic N) is 4. The average Bonchev–Trinajstić information content (AvgIpc) is 3.20. The molecule has 1 saturated heterocycles. The van der Waals surface area contributed by atoms with E-state index in [1.165, 1.54) is 4.68 Å². The Hall–Kier alpha value is -3.30. The number of benzene rings is 2. The van der Waals surface area contributed by atoms with E-state index in [2.05, 4.69) is 15.3 Å². The second kappa shape index (κ2) is 7.51. The molecule has 0 aliphatic carbocycles. The van der Waals surface area contributed by atoms with Crippen LogP contribution in [0, 0.1) is 0 Å². The minimum Gasteiger partial charge on any atom is -0.378 e. The van der Waals surface area contributed by atoms with Gasteiger partial charge in [0.1, 0.15) is 0 Å². The molecule has 8 nitrogen and oxygen atoms in total. The number of carbonyl (C=O) groups excluding carboxylic acids is 1. The number of hydrogen-bond acceptors (Lipinski definition) is 7. The Morgan fingerprint density at radius 3 is 2.70 bits per heavy atom. The van der Waals surface area contributed by atoms with Crippen molar-refractivity contribution < 1.29 is 9.53 Å². The number of thiazole rings is 1. The van der Waals surface area contributed by atoms with Gasteiger partial charge in [-0.3, -0.25) is 9.59 Å². The van der Waals surface area contributed by atoms with Crippen molar-refractivity contribution in [1.29, 1.82) is 0 Å². The summed E-state index contributed by atoms with van der Waals surface area (Å²) in [5.74, 6) is -0.362. The number of morpholine rings is 1. The van der Waals surface area contributed by atoms with Crippen molar-refractivity contribution in [3.63, 3.8) is 0 Å². The van der Waals surface area contributed by atoms with E-state index in [0.29, 0.717) is 29.7 Å². The SMILES string of the molecule is Cn1nc(C(=O)Nc2ccc3nc(N4CCOCC4)sc3c2)c2ccccc2c1=O. The third-order valence-electron chi connectivity index (χ3n) is 5.09. The van der Waals surface area contributed by atoms with E-state index in [-0.39, 0.29) is 17.2 Å². The van der Waals surface area contributed by atoms with Crippen LogP contribution in [0.1, 0.15) is 10.5 Å².